The number of ether oxygens (including phenoxy) is 3. The summed E-state index contributed by atoms with van der Waals surface area (Å²) in [5, 5.41) is 0. The second-order valence-electron chi connectivity index (χ2n) is 16.4. The number of rotatable bonds is 44. The van der Waals surface area contributed by atoms with Crippen molar-refractivity contribution in [1.82, 2.24) is 0 Å². The second kappa shape index (κ2) is 46.3. The molecule has 0 aliphatic rings. The normalized spacial score (nSPS) is 12.3. The molecular weight excluding hydrogens is 709 g/mol. The maximum Gasteiger partial charge on any atom is 0.306 e. The van der Waals surface area contributed by atoms with E-state index in [4.69, 9.17) is 14.2 Å². The van der Waals surface area contributed by atoms with E-state index in [0.29, 0.717) is 19.3 Å². The molecule has 0 aliphatic heterocycles. The molecule has 0 fully saturated rings. The average Bonchev–Trinajstić information content (AvgIpc) is 3.21. The Morgan fingerprint density at radius 2 is 0.684 bits per heavy atom. The highest BCUT2D eigenvalue weighted by Crippen LogP contribution is 2.15. The van der Waals surface area contributed by atoms with Gasteiger partial charge in [0.05, 0.1) is 0 Å². The minimum atomic E-state index is -0.770. The molecule has 0 radical (unpaired) electrons. The van der Waals surface area contributed by atoms with Crippen molar-refractivity contribution in [2.75, 3.05) is 13.2 Å². The van der Waals surface area contributed by atoms with Gasteiger partial charge in [-0.3, -0.25) is 14.4 Å². The van der Waals surface area contributed by atoms with E-state index in [1.54, 1.807) is 0 Å². The maximum atomic E-state index is 12.7. The minimum absolute atomic E-state index is 0.0726. The summed E-state index contributed by atoms with van der Waals surface area (Å²) < 4.78 is 16.7. The topological polar surface area (TPSA) is 78.9 Å². The molecule has 332 valence electrons. The molecule has 6 nitrogen and oxygen atoms in total. The lowest BCUT2D eigenvalue weighted by Crippen LogP contribution is -2.30. The van der Waals surface area contributed by atoms with Crippen LogP contribution in [0.5, 0.6) is 0 Å². The Bertz CT molecular complexity index is 969. The molecule has 1 unspecified atom stereocenters. The van der Waals surface area contributed by atoms with Crippen LogP contribution >= 0.6 is 0 Å². The van der Waals surface area contributed by atoms with Gasteiger partial charge >= 0.3 is 17.9 Å². The Balaban J connectivity index is 4.35. The fourth-order valence-corrected chi connectivity index (χ4v) is 6.99. The van der Waals surface area contributed by atoms with E-state index in [-0.39, 0.29) is 31.1 Å². The molecular formula is C51H92O6. The molecule has 0 saturated carbocycles. The molecule has 0 rings (SSSR count). The van der Waals surface area contributed by atoms with Crippen LogP contribution in [-0.2, 0) is 28.6 Å². The molecule has 0 amide bonds. The van der Waals surface area contributed by atoms with Gasteiger partial charge in [0.15, 0.2) is 6.10 Å². The third-order valence-corrected chi connectivity index (χ3v) is 10.7. The van der Waals surface area contributed by atoms with Gasteiger partial charge in [0.25, 0.3) is 0 Å². The van der Waals surface area contributed by atoms with Crippen LogP contribution in [0.2, 0.25) is 0 Å². The number of unbranched alkanes of at least 4 members (excludes halogenated alkanes) is 27. The summed E-state index contributed by atoms with van der Waals surface area (Å²) >= 11 is 0. The Morgan fingerprint density at radius 3 is 1.07 bits per heavy atom. The van der Waals surface area contributed by atoms with Gasteiger partial charge in [-0.05, 0) is 51.4 Å². The summed E-state index contributed by atoms with van der Waals surface area (Å²) in [5.41, 5.74) is 0. The van der Waals surface area contributed by atoms with Gasteiger partial charge in [0.2, 0.25) is 0 Å². The SMILES string of the molecule is CC/C=C\C/C=C\C/C=C\CCCCCCCCC(=O)OCC(COC(=O)CCCCCCCCCCCCC)OC(=O)CCCCCCCCCCCCCC. The van der Waals surface area contributed by atoms with Gasteiger partial charge in [-0.15, -0.1) is 0 Å². The third-order valence-electron chi connectivity index (χ3n) is 10.7. The number of esters is 3. The Hall–Kier alpha value is -2.37. The Labute approximate surface area is 353 Å². The van der Waals surface area contributed by atoms with Crippen molar-refractivity contribution in [3.63, 3.8) is 0 Å². The van der Waals surface area contributed by atoms with Crippen LogP contribution in [0.3, 0.4) is 0 Å². The number of allylic oxidation sites excluding steroid dienone is 6. The first kappa shape index (κ1) is 54.6. The van der Waals surface area contributed by atoms with E-state index in [1.807, 2.05) is 0 Å². The summed E-state index contributed by atoms with van der Waals surface area (Å²) in [6.45, 7) is 6.52. The van der Waals surface area contributed by atoms with Crippen molar-refractivity contribution >= 4 is 17.9 Å². The van der Waals surface area contributed by atoms with Crippen LogP contribution in [-0.4, -0.2) is 37.2 Å². The van der Waals surface area contributed by atoms with E-state index in [1.165, 1.54) is 128 Å². The zero-order chi connectivity index (χ0) is 41.5. The number of carbonyl (C=O) groups is 3. The number of carbonyl (C=O) groups excluding carboxylic acids is 3. The first-order valence-electron chi connectivity index (χ1n) is 24.5. The largest absolute Gasteiger partial charge is 0.462 e. The average molecular weight is 801 g/mol. The van der Waals surface area contributed by atoms with E-state index in [0.717, 1.165) is 83.5 Å². The van der Waals surface area contributed by atoms with Crippen molar-refractivity contribution in [2.24, 2.45) is 0 Å². The Kier molecular flexibility index (Phi) is 44.4. The molecule has 6 heteroatoms. The van der Waals surface area contributed by atoms with Crippen LogP contribution in [0, 0.1) is 0 Å². The van der Waals surface area contributed by atoms with Crippen molar-refractivity contribution < 1.29 is 28.6 Å². The molecule has 57 heavy (non-hydrogen) atoms. The molecule has 0 spiro atoms. The fourth-order valence-electron chi connectivity index (χ4n) is 6.99. The fraction of sp³-hybridized carbons (Fsp3) is 0.824. The smallest absolute Gasteiger partial charge is 0.306 e. The predicted octanol–water partition coefficient (Wildman–Crippen LogP) is 15.8. The summed E-state index contributed by atoms with van der Waals surface area (Å²) in [6.07, 6.45) is 52.6. The minimum Gasteiger partial charge on any atom is -0.462 e. The zero-order valence-corrected chi connectivity index (χ0v) is 37.9. The molecule has 0 aromatic carbocycles. The van der Waals surface area contributed by atoms with Gasteiger partial charge in [-0.2, -0.15) is 0 Å². The molecule has 0 aromatic rings. The molecule has 0 heterocycles. The number of hydrogen-bond donors (Lipinski definition) is 0. The van der Waals surface area contributed by atoms with Crippen molar-refractivity contribution in [2.45, 2.75) is 258 Å². The predicted molar refractivity (Wildman–Crippen MR) is 242 cm³/mol. The third kappa shape index (κ3) is 44.6. The van der Waals surface area contributed by atoms with Crippen molar-refractivity contribution in [3.8, 4) is 0 Å². The van der Waals surface area contributed by atoms with Gasteiger partial charge in [-0.1, -0.05) is 218 Å². The van der Waals surface area contributed by atoms with Crippen LogP contribution in [0.15, 0.2) is 36.5 Å². The lowest BCUT2D eigenvalue weighted by Gasteiger charge is -2.18. The highest BCUT2D eigenvalue weighted by atomic mass is 16.6. The lowest BCUT2D eigenvalue weighted by molar-refractivity contribution is -0.167. The van der Waals surface area contributed by atoms with Crippen LogP contribution in [0.1, 0.15) is 252 Å². The quantitative estimate of drug-likeness (QED) is 0.0264. The van der Waals surface area contributed by atoms with Crippen LogP contribution in [0.4, 0.5) is 0 Å². The van der Waals surface area contributed by atoms with Crippen molar-refractivity contribution in [1.29, 1.82) is 0 Å². The van der Waals surface area contributed by atoms with Gasteiger partial charge in [0.1, 0.15) is 13.2 Å². The summed E-state index contributed by atoms with van der Waals surface area (Å²) in [4.78, 5) is 37.8. The highest BCUT2D eigenvalue weighted by molar-refractivity contribution is 5.71. The van der Waals surface area contributed by atoms with Gasteiger partial charge in [0, 0.05) is 19.3 Å². The molecule has 0 N–H and O–H groups in total. The molecule has 0 aromatic heterocycles. The van der Waals surface area contributed by atoms with Gasteiger partial charge < -0.3 is 14.2 Å². The van der Waals surface area contributed by atoms with Crippen LogP contribution in [0.25, 0.3) is 0 Å². The molecule has 0 aliphatic carbocycles. The standard InChI is InChI=1S/C51H92O6/c1-4-7-10-13-16-19-22-24-25-26-27-30-32-35-38-41-44-50(53)56-47-48(46-55-49(52)43-40-37-34-31-28-21-18-15-12-9-6-3)57-51(54)45-42-39-36-33-29-23-20-17-14-11-8-5-2/h7,10,16,19,24-25,48H,4-6,8-9,11-15,17-18,20-23,26-47H2,1-3H3/b10-7-,19-16-,25-24-. The van der Waals surface area contributed by atoms with Crippen molar-refractivity contribution in [3.05, 3.63) is 36.5 Å². The summed E-state index contributed by atoms with van der Waals surface area (Å²) in [6, 6.07) is 0. The summed E-state index contributed by atoms with van der Waals surface area (Å²) in [5.74, 6) is -0.879. The maximum absolute atomic E-state index is 12.7. The Morgan fingerprint density at radius 1 is 0.368 bits per heavy atom. The van der Waals surface area contributed by atoms with E-state index < -0.39 is 6.10 Å². The first-order valence-corrected chi connectivity index (χ1v) is 24.5. The number of hydrogen-bond acceptors (Lipinski definition) is 6. The van der Waals surface area contributed by atoms with E-state index in [2.05, 4.69) is 57.2 Å². The first-order chi connectivity index (χ1) is 28.0. The van der Waals surface area contributed by atoms with Crippen LogP contribution < -0.4 is 0 Å². The zero-order valence-electron chi connectivity index (χ0n) is 37.9. The molecule has 0 bridgehead atoms. The molecule has 1 atom stereocenters. The summed E-state index contributed by atoms with van der Waals surface area (Å²) in [7, 11) is 0. The lowest BCUT2D eigenvalue weighted by atomic mass is 10.0. The second-order valence-corrected chi connectivity index (χ2v) is 16.4. The van der Waals surface area contributed by atoms with E-state index >= 15 is 0 Å². The van der Waals surface area contributed by atoms with Gasteiger partial charge in [-0.25, -0.2) is 0 Å². The highest BCUT2D eigenvalue weighted by Gasteiger charge is 2.19. The monoisotopic (exact) mass is 801 g/mol. The van der Waals surface area contributed by atoms with E-state index in [9.17, 15) is 14.4 Å². The molecule has 0 saturated heterocycles.